The topological polar surface area (TPSA) is 50.7 Å². The van der Waals surface area contributed by atoms with Crippen LogP contribution in [0.5, 0.6) is 0 Å². The van der Waals surface area contributed by atoms with E-state index >= 15 is 0 Å². The Morgan fingerprint density at radius 3 is 2.67 bits per heavy atom. The van der Waals surface area contributed by atoms with E-state index in [1.807, 2.05) is 44.2 Å². The highest BCUT2D eigenvalue weighted by atomic mass is 19.1. The molecule has 18 heavy (non-hydrogen) atoms. The quantitative estimate of drug-likeness (QED) is 0.873. The van der Waals surface area contributed by atoms with Gasteiger partial charge in [0.25, 0.3) is 0 Å². The third-order valence-corrected chi connectivity index (χ3v) is 1.96. The second kappa shape index (κ2) is 7.32. The van der Waals surface area contributed by atoms with E-state index in [2.05, 4.69) is 20.3 Å². The van der Waals surface area contributed by atoms with Gasteiger partial charge in [-0.15, -0.1) is 0 Å². The van der Waals surface area contributed by atoms with Crippen molar-refractivity contribution in [3.8, 4) is 0 Å². The second-order valence-corrected chi connectivity index (χ2v) is 3.29. The highest BCUT2D eigenvalue weighted by Gasteiger charge is 2.03. The van der Waals surface area contributed by atoms with Crippen LogP contribution >= 0.6 is 0 Å². The maximum absolute atomic E-state index is 12.9. The molecule has 0 amide bonds. The number of rotatable bonds is 2. The van der Waals surface area contributed by atoms with Crippen LogP contribution in [-0.4, -0.2) is 15.0 Å². The van der Waals surface area contributed by atoms with Crippen molar-refractivity contribution in [3.63, 3.8) is 0 Å². The van der Waals surface area contributed by atoms with Crippen LogP contribution in [0.15, 0.2) is 36.1 Å². The summed E-state index contributed by atoms with van der Waals surface area (Å²) in [6.45, 7) is 5.62. The zero-order valence-corrected chi connectivity index (χ0v) is 10.8. The van der Waals surface area contributed by atoms with Crippen molar-refractivity contribution in [2.24, 2.45) is 0 Å². The number of allylic oxidation sites excluding steroid dienone is 5. The van der Waals surface area contributed by atoms with E-state index in [0.717, 1.165) is 12.1 Å². The predicted molar refractivity (Wildman–Crippen MR) is 70.5 cm³/mol. The minimum Gasteiger partial charge on any atom is -0.324 e. The summed E-state index contributed by atoms with van der Waals surface area (Å²) in [5, 5.41) is 2.92. The van der Waals surface area contributed by atoms with Gasteiger partial charge in [-0.1, -0.05) is 32.1 Å². The number of aryl methyl sites for hydroxylation is 1. The molecule has 0 bridgehead atoms. The van der Waals surface area contributed by atoms with Gasteiger partial charge in [-0.3, -0.25) is 0 Å². The Balaban J connectivity index is 0.000000771. The minimum absolute atomic E-state index is 0.219. The molecule has 1 aliphatic rings. The number of nitrogens with zero attached hydrogens (tertiary/aromatic N) is 3. The molecule has 0 atom stereocenters. The smallest absolute Gasteiger partial charge is 0.313 e. The second-order valence-electron chi connectivity index (χ2n) is 3.29. The van der Waals surface area contributed by atoms with E-state index < -0.39 is 6.08 Å². The van der Waals surface area contributed by atoms with Gasteiger partial charge in [-0.05, 0) is 25.5 Å². The lowest BCUT2D eigenvalue weighted by atomic mass is 10.3. The predicted octanol–water partition coefficient (Wildman–Crippen LogP) is 3.16. The molecule has 0 aromatic carbocycles. The van der Waals surface area contributed by atoms with Crippen molar-refractivity contribution < 1.29 is 4.39 Å². The molecule has 1 aliphatic carbocycles. The lowest BCUT2D eigenvalue weighted by Crippen LogP contribution is -2.06. The first-order valence-corrected chi connectivity index (χ1v) is 5.92. The summed E-state index contributed by atoms with van der Waals surface area (Å²) in [6, 6.07) is 0. The molecule has 0 spiro atoms. The highest BCUT2D eigenvalue weighted by Crippen LogP contribution is 2.08. The largest absolute Gasteiger partial charge is 0.324 e. The van der Waals surface area contributed by atoms with Gasteiger partial charge in [0.2, 0.25) is 5.95 Å². The molecule has 1 aromatic heterocycles. The fraction of sp³-hybridized carbons (Fsp3) is 0.308. The summed E-state index contributed by atoms with van der Waals surface area (Å²) in [5.41, 5.74) is 0.818. The van der Waals surface area contributed by atoms with Crippen LogP contribution in [0.4, 0.5) is 10.3 Å². The van der Waals surface area contributed by atoms with Gasteiger partial charge in [-0.25, -0.2) is 0 Å². The molecular weight excluding hydrogens is 231 g/mol. The van der Waals surface area contributed by atoms with Gasteiger partial charge in [0.1, 0.15) is 5.82 Å². The number of hydrogen-bond acceptors (Lipinski definition) is 4. The molecule has 0 aliphatic heterocycles. The maximum Gasteiger partial charge on any atom is 0.313 e. The Hall–Kier alpha value is -2.04. The highest BCUT2D eigenvalue weighted by molar-refractivity contribution is 5.42. The van der Waals surface area contributed by atoms with Crippen LogP contribution < -0.4 is 5.32 Å². The monoisotopic (exact) mass is 248 g/mol. The molecule has 0 fully saturated rings. The Kier molecular flexibility index (Phi) is 5.70. The summed E-state index contributed by atoms with van der Waals surface area (Å²) in [4.78, 5) is 11.0. The third-order valence-electron chi connectivity index (χ3n) is 1.96. The maximum atomic E-state index is 12.9. The normalized spacial score (nSPS) is 13.2. The SMILES string of the molecule is CC.Cc1nc(F)nc(NC2=CC=CCC=C2)n1. The fourth-order valence-corrected chi connectivity index (χ4v) is 1.30. The van der Waals surface area contributed by atoms with Gasteiger partial charge >= 0.3 is 6.08 Å². The summed E-state index contributed by atoms with van der Waals surface area (Å²) < 4.78 is 12.9. The summed E-state index contributed by atoms with van der Waals surface area (Å²) in [7, 11) is 0. The van der Waals surface area contributed by atoms with E-state index in [9.17, 15) is 4.39 Å². The molecule has 96 valence electrons. The van der Waals surface area contributed by atoms with Crippen LogP contribution in [-0.2, 0) is 0 Å². The standard InChI is InChI=1S/C11H11FN4.C2H6/c1-8-13-10(12)16-11(14-8)15-9-6-4-2-3-5-7-9;1-2/h2,4-7H,3H2,1H3,(H,13,14,15,16);1-2H3. The van der Waals surface area contributed by atoms with Crippen LogP contribution in [0.25, 0.3) is 0 Å². The first kappa shape index (κ1) is 14.0. The molecule has 0 saturated carbocycles. The van der Waals surface area contributed by atoms with E-state index in [0.29, 0.717) is 5.82 Å². The molecule has 5 heteroatoms. The van der Waals surface area contributed by atoms with Gasteiger partial charge < -0.3 is 5.32 Å². The lowest BCUT2D eigenvalue weighted by molar-refractivity contribution is 0.529. The van der Waals surface area contributed by atoms with Crippen molar-refractivity contribution in [1.82, 2.24) is 15.0 Å². The zero-order chi connectivity index (χ0) is 13.4. The molecule has 0 unspecified atom stereocenters. The van der Waals surface area contributed by atoms with E-state index in [4.69, 9.17) is 0 Å². The molecule has 0 saturated heterocycles. The average molecular weight is 248 g/mol. The average Bonchev–Trinajstić information content (AvgIpc) is 2.59. The Morgan fingerprint density at radius 1 is 1.17 bits per heavy atom. The van der Waals surface area contributed by atoms with Crippen LogP contribution in [0, 0.1) is 13.0 Å². The molecule has 1 aromatic rings. The summed E-state index contributed by atoms with van der Waals surface area (Å²) in [6.07, 6.45) is 9.82. The van der Waals surface area contributed by atoms with Gasteiger partial charge in [-0.2, -0.15) is 19.3 Å². The third kappa shape index (κ3) is 4.45. The van der Waals surface area contributed by atoms with Gasteiger partial charge in [0, 0.05) is 5.70 Å². The number of halogens is 1. The zero-order valence-electron chi connectivity index (χ0n) is 10.8. The molecular formula is C13H17FN4. The van der Waals surface area contributed by atoms with Crippen LogP contribution in [0.2, 0.25) is 0 Å². The van der Waals surface area contributed by atoms with Crippen molar-refractivity contribution >= 4 is 5.95 Å². The lowest BCUT2D eigenvalue weighted by Gasteiger charge is -2.04. The Bertz CT molecular complexity index is 458. The Morgan fingerprint density at radius 2 is 1.94 bits per heavy atom. The van der Waals surface area contributed by atoms with Crippen molar-refractivity contribution in [2.45, 2.75) is 27.2 Å². The van der Waals surface area contributed by atoms with E-state index in [1.165, 1.54) is 0 Å². The van der Waals surface area contributed by atoms with E-state index in [-0.39, 0.29) is 5.95 Å². The number of anilines is 1. The first-order chi connectivity index (χ1) is 8.74. The van der Waals surface area contributed by atoms with Crippen molar-refractivity contribution in [3.05, 3.63) is 48.0 Å². The number of nitrogens with one attached hydrogen (secondary N) is 1. The number of aromatic nitrogens is 3. The summed E-state index contributed by atoms with van der Waals surface area (Å²) >= 11 is 0. The minimum atomic E-state index is -0.774. The van der Waals surface area contributed by atoms with E-state index in [1.54, 1.807) is 6.92 Å². The number of hydrogen-bond donors (Lipinski definition) is 1. The first-order valence-electron chi connectivity index (χ1n) is 5.92. The fourth-order valence-electron chi connectivity index (χ4n) is 1.30. The van der Waals surface area contributed by atoms with Gasteiger partial charge in [0.15, 0.2) is 0 Å². The summed E-state index contributed by atoms with van der Waals surface area (Å²) in [5.74, 6) is 0.569. The van der Waals surface area contributed by atoms with Crippen molar-refractivity contribution in [2.75, 3.05) is 5.32 Å². The molecule has 2 rings (SSSR count). The molecule has 1 heterocycles. The van der Waals surface area contributed by atoms with Gasteiger partial charge in [0.05, 0.1) is 0 Å². The molecule has 1 N–H and O–H groups in total. The van der Waals surface area contributed by atoms with Crippen molar-refractivity contribution in [1.29, 1.82) is 0 Å². The molecule has 0 radical (unpaired) electrons. The molecule has 4 nitrogen and oxygen atoms in total. The van der Waals surface area contributed by atoms with Crippen LogP contribution in [0.3, 0.4) is 0 Å². The van der Waals surface area contributed by atoms with Crippen LogP contribution in [0.1, 0.15) is 26.1 Å². The Labute approximate surface area is 106 Å².